The summed E-state index contributed by atoms with van der Waals surface area (Å²) in [7, 11) is 2.10. The number of aromatic carboxylic acids is 1. The second-order valence-corrected chi connectivity index (χ2v) is 5.08. The summed E-state index contributed by atoms with van der Waals surface area (Å²) >= 11 is 0. The zero-order valence-corrected chi connectivity index (χ0v) is 10.7. The predicted molar refractivity (Wildman–Crippen MR) is 66.4 cm³/mol. The fraction of sp³-hybridized carbons (Fsp3) is 0.750. The van der Waals surface area contributed by atoms with E-state index in [2.05, 4.69) is 22.3 Å². The molecule has 0 radical (unpaired) electrons. The van der Waals surface area contributed by atoms with Gasteiger partial charge < -0.3 is 10.0 Å². The zero-order valence-electron chi connectivity index (χ0n) is 10.7. The molecule has 0 aliphatic heterocycles. The van der Waals surface area contributed by atoms with Crippen LogP contribution in [0, 0.1) is 5.92 Å². The van der Waals surface area contributed by atoms with Gasteiger partial charge in [0.05, 0.1) is 12.7 Å². The maximum Gasteiger partial charge on any atom is 0.358 e. The highest BCUT2D eigenvalue weighted by molar-refractivity contribution is 5.84. The van der Waals surface area contributed by atoms with E-state index in [0.717, 1.165) is 19.0 Å². The fourth-order valence-corrected chi connectivity index (χ4v) is 2.50. The van der Waals surface area contributed by atoms with Gasteiger partial charge in [-0.2, -0.15) is 0 Å². The molecule has 1 fully saturated rings. The van der Waals surface area contributed by atoms with Crippen LogP contribution in [0.1, 0.15) is 36.2 Å². The first kappa shape index (κ1) is 13.0. The van der Waals surface area contributed by atoms with Gasteiger partial charge in [-0.05, 0) is 25.8 Å². The van der Waals surface area contributed by atoms with Crippen LogP contribution in [-0.4, -0.2) is 51.1 Å². The molecule has 1 aromatic heterocycles. The quantitative estimate of drug-likeness (QED) is 0.820. The molecule has 1 aromatic rings. The predicted octanol–water partition coefficient (Wildman–Crippen LogP) is 1.10. The summed E-state index contributed by atoms with van der Waals surface area (Å²) in [5.41, 5.74) is 0.00782. The number of carbonyl (C=O) groups is 1. The maximum absolute atomic E-state index is 10.7. The van der Waals surface area contributed by atoms with Gasteiger partial charge in [0.25, 0.3) is 0 Å². The Morgan fingerprint density at radius 1 is 1.56 bits per heavy atom. The van der Waals surface area contributed by atoms with E-state index in [9.17, 15) is 4.79 Å². The Bertz CT molecular complexity index is 399. The third-order valence-corrected chi connectivity index (χ3v) is 3.51. The lowest BCUT2D eigenvalue weighted by Crippen LogP contribution is -2.28. The smallest absolute Gasteiger partial charge is 0.358 e. The molecule has 0 unspecified atom stereocenters. The van der Waals surface area contributed by atoms with Crippen molar-refractivity contribution in [3.63, 3.8) is 0 Å². The Hall–Kier alpha value is -1.43. The van der Waals surface area contributed by atoms with Crippen molar-refractivity contribution >= 4 is 5.97 Å². The molecule has 1 N–H and O–H groups in total. The summed E-state index contributed by atoms with van der Waals surface area (Å²) in [4.78, 5) is 12.9. The monoisotopic (exact) mass is 252 g/mol. The standard InChI is InChI=1S/C12H20N4O2/c1-15(8-10-4-2-3-5-10)6-7-16-9-11(12(17)18)13-14-16/h9-10H,2-8H2,1H3,(H,17,18). The van der Waals surface area contributed by atoms with Crippen molar-refractivity contribution in [2.45, 2.75) is 32.2 Å². The molecular formula is C12H20N4O2. The topological polar surface area (TPSA) is 71.2 Å². The lowest BCUT2D eigenvalue weighted by atomic mass is 10.1. The molecule has 1 heterocycles. The maximum atomic E-state index is 10.7. The van der Waals surface area contributed by atoms with Crippen LogP contribution >= 0.6 is 0 Å². The molecule has 0 amide bonds. The third-order valence-electron chi connectivity index (χ3n) is 3.51. The summed E-state index contributed by atoms with van der Waals surface area (Å²) in [6, 6.07) is 0. The zero-order chi connectivity index (χ0) is 13.0. The number of carboxylic acids is 1. The molecule has 18 heavy (non-hydrogen) atoms. The molecule has 1 aliphatic carbocycles. The summed E-state index contributed by atoms with van der Waals surface area (Å²) in [5.74, 6) is -0.194. The molecule has 2 rings (SSSR count). The second-order valence-electron chi connectivity index (χ2n) is 5.08. The van der Waals surface area contributed by atoms with E-state index >= 15 is 0 Å². The van der Waals surface area contributed by atoms with Crippen molar-refractivity contribution in [2.24, 2.45) is 5.92 Å². The van der Waals surface area contributed by atoms with E-state index in [4.69, 9.17) is 5.11 Å². The van der Waals surface area contributed by atoms with Gasteiger partial charge in [0, 0.05) is 13.1 Å². The van der Waals surface area contributed by atoms with Crippen molar-refractivity contribution < 1.29 is 9.90 Å². The molecular weight excluding hydrogens is 232 g/mol. The molecule has 100 valence electrons. The highest BCUT2D eigenvalue weighted by atomic mass is 16.4. The number of aromatic nitrogens is 3. The van der Waals surface area contributed by atoms with Crippen molar-refractivity contribution in [3.8, 4) is 0 Å². The van der Waals surface area contributed by atoms with Gasteiger partial charge in [0.15, 0.2) is 5.69 Å². The molecule has 1 saturated carbocycles. The van der Waals surface area contributed by atoms with E-state index in [-0.39, 0.29) is 5.69 Å². The highest BCUT2D eigenvalue weighted by Gasteiger charge is 2.16. The Kier molecular flexibility index (Phi) is 4.30. The van der Waals surface area contributed by atoms with Gasteiger partial charge >= 0.3 is 5.97 Å². The van der Waals surface area contributed by atoms with Crippen LogP contribution in [0.3, 0.4) is 0 Å². The van der Waals surface area contributed by atoms with Crippen molar-refractivity contribution in [1.82, 2.24) is 19.9 Å². The Labute approximate surface area is 107 Å². The number of likely N-dealkylation sites (N-methyl/N-ethyl adjacent to an activating group) is 1. The van der Waals surface area contributed by atoms with Gasteiger partial charge in [-0.25, -0.2) is 4.79 Å². The number of carboxylic acid groups (broad SMARTS) is 1. The second kappa shape index (κ2) is 5.95. The minimum Gasteiger partial charge on any atom is -0.476 e. The van der Waals surface area contributed by atoms with Crippen LogP contribution in [0.25, 0.3) is 0 Å². The van der Waals surface area contributed by atoms with Crippen molar-refractivity contribution in [2.75, 3.05) is 20.1 Å². The number of hydrogen-bond donors (Lipinski definition) is 1. The first-order valence-corrected chi connectivity index (χ1v) is 6.47. The average molecular weight is 252 g/mol. The van der Waals surface area contributed by atoms with Crippen LogP contribution in [0.4, 0.5) is 0 Å². The lowest BCUT2D eigenvalue weighted by Gasteiger charge is -2.20. The molecule has 0 aromatic carbocycles. The summed E-state index contributed by atoms with van der Waals surface area (Å²) in [6.07, 6.45) is 6.90. The van der Waals surface area contributed by atoms with Crippen molar-refractivity contribution in [1.29, 1.82) is 0 Å². The summed E-state index contributed by atoms with van der Waals surface area (Å²) in [5, 5.41) is 16.1. The van der Waals surface area contributed by atoms with E-state index in [0.29, 0.717) is 6.54 Å². The summed E-state index contributed by atoms with van der Waals surface area (Å²) < 4.78 is 1.59. The minimum absolute atomic E-state index is 0.00782. The van der Waals surface area contributed by atoms with Gasteiger partial charge in [-0.3, -0.25) is 4.68 Å². The molecule has 0 atom stereocenters. The Morgan fingerprint density at radius 2 is 2.28 bits per heavy atom. The van der Waals surface area contributed by atoms with Crippen molar-refractivity contribution in [3.05, 3.63) is 11.9 Å². The molecule has 6 nitrogen and oxygen atoms in total. The molecule has 0 spiro atoms. The Balaban J connectivity index is 1.74. The number of nitrogens with zero attached hydrogens (tertiary/aromatic N) is 4. The van der Waals surface area contributed by atoms with E-state index < -0.39 is 5.97 Å². The molecule has 0 bridgehead atoms. The van der Waals surface area contributed by atoms with Crippen LogP contribution in [0.2, 0.25) is 0 Å². The average Bonchev–Trinajstić information content (AvgIpc) is 2.96. The summed E-state index contributed by atoms with van der Waals surface area (Å²) in [6.45, 7) is 2.68. The van der Waals surface area contributed by atoms with E-state index in [1.807, 2.05) is 0 Å². The Morgan fingerprint density at radius 3 is 2.89 bits per heavy atom. The lowest BCUT2D eigenvalue weighted by molar-refractivity contribution is 0.0690. The molecule has 1 aliphatic rings. The first-order valence-electron chi connectivity index (χ1n) is 6.47. The fourth-order valence-electron chi connectivity index (χ4n) is 2.50. The van der Waals surface area contributed by atoms with Gasteiger partial charge in [0.2, 0.25) is 0 Å². The first-order chi connectivity index (χ1) is 8.65. The number of hydrogen-bond acceptors (Lipinski definition) is 4. The van der Waals surface area contributed by atoms with Crippen LogP contribution < -0.4 is 0 Å². The number of rotatable bonds is 6. The minimum atomic E-state index is -1.03. The van der Waals surface area contributed by atoms with E-state index in [1.165, 1.54) is 31.9 Å². The van der Waals surface area contributed by atoms with Crippen LogP contribution in [0.5, 0.6) is 0 Å². The third kappa shape index (κ3) is 3.53. The van der Waals surface area contributed by atoms with Gasteiger partial charge in [-0.15, -0.1) is 5.10 Å². The van der Waals surface area contributed by atoms with Gasteiger partial charge in [0.1, 0.15) is 0 Å². The molecule has 6 heteroatoms. The normalized spacial score (nSPS) is 16.6. The van der Waals surface area contributed by atoms with Crippen LogP contribution in [0.15, 0.2) is 6.20 Å². The largest absolute Gasteiger partial charge is 0.476 e. The SMILES string of the molecule is CN(CCn1cc(C(=O)O)nn1)CC1CCCC1. The molecule has 0 saturated heterocycles. The highest BCUT2D eigenvalue weighted by Crippen LogP contribution is 2.24. The van der Waals surface area contributed by atoms with E-state index in [1.54, 1.807) is 4.68 Å². The van der Waals surface area contributed by atoms with Crippen LogP contribution in [-0.2, 0) is 6.54 Å². The van der Waals surface area contributed by atoms with Gasteiger partial charge in [-0.1, -0.05) is 18.1 Å².